The number of anilines is 10. The van der Waals surface area contributed by atoms with Gasteiger partial charge in [-0.3, -0.25) is 9.59 Å². The van der Waals surface area contributed by atoms with Crippen LogP contribution in [0.1, 0.15) is 38.8 Å². The molecule has 6 rings (SSSR count). The Labute approximate surface area is 413 Å². The van der Waals surface area contributed by atoms with E-state index in [4.69, 9.17) is 15.2 Å². The Hall–Kier alpha value is -5.59. The van der Waals surface area contributed by atoms with E-state index in [0.717, 1.165) is 0 Å². The molecule has 0 atom stereocenters. The molecule has 0 unspecified atom stereocenters. The molecule has 0 radical (unpaired) electrons. The van der Waals surface area contributed by atoms with Gasteiger partial charge in [-0.2, -0.15) is 35.5 Å². The van der Waals surface area contributed by atoms with Crippen LogP contribution in [-0.4, -0.2) is 95.1 Å². The van der Waals surface area contributed by atoms with E-state index in [2.05, 4.69) is 67.9 Å². The van der Waals surface area contributed by atoms with Gasteiger partial charge in [-0.25, -0.2) is 8.42 Å². The van der Waals surface area contributed by atoms with Crippen molar-refractivity contribution in [2.24, 2.45) is 5.73 Å². The molecule has 0 bridgehead atoms. The molecule has 8 N–H and O–H groups in total. The molecule has 4 aromatic carbocycles. The predicted molar refractivity (Wildman–Crippen MR) is 234 cm³/mol. The first-order valence-electron chi connectivity index (χ1n) is 18.7. The second kappa shape index (κ2) is 24.5. The van der Waals surface area contributed by atoms with Gasteiger partial charge in [0.05, 0.1) is 18.1 Å². The molecule has 64 heavy (non-hydrogen) atoms. The van der Waals surface area contributed by atoms with Crippen LogP contribution < -0.4 is 96.7 Å². The van der Waals surface area contributed by atoms with Crippen molar-refractivity contribution in [3.63, 3.8) is 0 Å². The van der Waals surface area contributed by atoms with E-state index >= 15 is 0 Å². The molecule has 0 aliphatic carbocycles. The SMILES string of the molecule is COCCNc1nc(Nc2c[c-]c(/C=C/c3ccc(Nc4nc(NCCOC)nc(Nc5ccc(C(C)=O)cc5)n4)cc3S(=O)(=O)[O-])cc2)nc(Nc2ccc(C(N)=O)cc2)n1.[Na+].[Na+]. The van der Waals surface area contributed by atoms with Crippen molar-refractivity contribution >= 4 is 92.4 Å². The quantitative estimate of drug-likeness (QED) is 0.0118. The zero-order valence-corrected chi connectivity index (χ0v) is 40.4. The van der Waals surface area contributed by atoms with Crippen molar-refractivity contribution in [3.8, 4) is 0 Å². The molecule has 2 aromatic heterocycles. The summed E-state index contributed by atoms with van der Waals surface area (Å²) in [6.07, 6.45) is 3.10. The van der Waals surface area contributed by atoms with E-state index in [1.807, 2.05) is 0 Å². The van der Waals surface area contributed by atoms with Crippen LogP contribution in [-0.2, 0) is 19.6 Å². The van der Waals surface area contributed by atoms with Crippen molar-refractivity contribution in [3.05, 3.63) is 113 Å². The summed E-state index contributed by atoms with van der Waals surface area (Å²) in [4.78, 5) is 49.2. The third-order valence-electron chi connectivity index (χ3n) is 8.50. The number of ether oxygens (including phenoxy) is 2. The van der Waals surface area contributed by atoms with Crippen LogP contribution in [0, 0.1) is 6.07 Å². The van der Waals surface area contributed by atoms with Crippen LogP contribution in [0.15, 0.2) is 89.8 Å². The van der Waals surface area contributed by atoms with Crippen LogP contribution in [0.3, 0.4) is 0 Å². The fraction of sp³-hybridized carbons (Fsp3) is 0.171. The minimum atomic E-state index is -4.95. The third-order valence-corrected chi connectivity index (χ3v) is 9.39. The Bertz CT molecular complexity index is 2660. The number of methoxy groups -OCH3 is 2. The number of carbonyl (C=O) groups is 2. The number of carbonyl (C=O) groups excluding carboxylic acids is 2. The Morgan fingerprint density at radius 2 is 1.08 bits per heavy atom. The summed E-state index contributed by atoms with van der Waals surface area (Å²) < 4.78 is 47.7. The average Bonchev–Trinajstić information content (AvgIpc) is 3.24. The Morgan fingerprint density at radius 3 is 1.52 bits per heavy atom. The summed E-state index contributed by atoms with van der Waals surface area (Å²) in [6, 6.07) is 25.7. The predicted octanol–water partition coefficient (Wildman–Crippen LogP) is -0.668. The van der Waals surface area contributed by atoms with Gasteiger partial charge in [-0.1, -0.05) is 12.1 Å². The molecule has 1 amide bonds. The van der Waals surface area contributed by atoms with Gasteiger partial charge in [0.25, 0.3) is 0 Å². The number of amides is 1. The van der Waals surface area contributed by atoms with Crippen LogP contribution in [0.4, 0.5) is 58.4 Å². The number of nitrogens with zero attached hydrogens (tertiary/aromatic N) is 6. The monoisotopic (exact) mass is 905 g/mol. The average molecular weight is 906 g/mol. The Balaban J connectivity index is 0.00000449. The number of aromatic nitrogens is 6. The fourth-order valence-electron chi connectivity index (χ4n) is 5.45. The first-order chi connectivity index (χ1) is 29.8. The standard InChI is InChI=1S/C41H42N13O7S.2Na/c1-25(55)27-8-15-31(16-9-27)46-40-51-37(44-21-23-61-3)52-41(54-40)48-33-19-10-28(34(24-33)62(57,58)59)7-4-26-5-13-30(14-6-26)45-38-49-36(43-20-22-60-2)50-39(53-38)47-32-17-11-29(12-18-32)35(42)56;;/h4-5,7-19,24H,20-23H2,1-3H3,(H2,42,56)(H,57,58,59)(H3,43,45,47,49,50,53)(H3,44,46,48,51,52,54);;/q-1;2*+1/p-1/b7-4+;;. The number of nitrogens with one attached hydrogen (secondary N) is 6. The minimum Gasteiger partial charge on any atom is -0.744 e. The van der Waals surface area contributed by atoms with Gasteiger partial charge in [0.2, 0.25) is 41.6 Å². The summed E-state index contributed by atoms with van der Waals surface area (Å²) in [5, 5.41) is 18.4. The molecule has 0 saturated carbocycles. The van der Waals surface area contributed by atoms with Crippen molar-refractivity contribution < 1.29 is 91.1 Å². The molecule has 6 aromatic rings. The maximum absolute atomic E-state index is 12.5. The number of hydrogen-bond donors (Lipinski definition) is 7. The summed E-state index contributed by atoms with van der Waals surface area (Å²) in [5.41, 5.74) is 8.97. The molecule has 0 aliphatic rings. The van der Waals surface area contributed by atoms with Crippen molar-refractivity contribution in [2.45, 2.75) is 11.8 Å². The van der Waals surface area contributed by atoms with Crippen molar-refractivity contribution in [2.75, 3.05) is 72.4 Å². The number of Topliss-reactive ketones (excluding diaryl/α,β-unsaturated/α-hetero) is 1. The number of hydrogen-bond acceptors (Lipinski definition) is 19. The Morgan fingerprint density at radius 1 is 0.641 bits per heavy atom. The van der Waals surface area contributed by atoms with E-state index in [1.165, 1.54) is 25.1 Å². The molecular formula is C41H41N13Na2O7S. The van der Waals surface area contributed by atoms with Crippen LogP contribution in [0.5, 0.6) is 0 Å². The maximum Gasteiger partial charge on any atom is 1.00 e. The summed E-state index contributed by atoms with van der Waals surface area (Å²) >= 11 is 0. The van der Waals surface area contributed by atoms with Crippen LogP contribution in [0.25, 0.3) is 12.2 Å². The van der Waals surface area contributed by atoms with Gasteiger partial charge < -0.3 is 51.7 Å². The smallest absolute Gasteiger partial charge is 0.744 e. The second-order valence-corrected chi connectivity index (χ2v) is 14.4. The van der Waals surface area contributed by atoms with Gasteiger partial charge >= 0.3 is 59.1 Å². The number of primary amides is 1. The topological polar surface area (TPSA) is 285 Å². The van der Waals surface area contributed by atoms with E-state index in [9.17, 15) is 22.6 Å². The number of benzene rings is 4. The largest absolute Gasteiger partial charge is 1.00 e. The van der Waals surface area contributed by atoms with Crippen LogP contribution >= 0.6 is 0 Å². The first kappa shape index (κ1) is 51.0. The fourth-order valence-corrected chi connectivity index (χ4v) is 6.15. The molecule has 0 spiro atoms. The van der Waals surface area contributed by atoms with Gasteiger partial charge in [0.15, 0.2) is 5.78 Å². The second-order valence-electron chi connectivity index (χ2n) is 13.1. The summed E-state index contributed by atoms with van der Waals surface area (Å²) in [6.45, 7) is 3.07. The van der Waals surface area contributed by atoms with Gasteiger partial charge in [-0.05, 0) is 78.8 Å². The molecular weight excluding hydrogens is 865 g/mol. The maximum atomic E-state index is 12.5. The van der Waals surface area contributed by atoms with Crippen LogP contribution in [0.2, 0.25) is 0 Å². The summed E-state index contributed by atoms with van der Waals surface area (Å²) in [7, 11) is -1.82. The molecule has 320 valence electrons. The van der Waals surface area contributed by atoms with E-state index in [0.29, 0.717) is 60.1 Å². The van der Waals surface area contributed by atoms with Gasteiger partial charge in [0, 0.05) is 55.5 Å². The van der Waals surface area contributed by atoms with Gasteiger partial charge in [-0.15, -0.1) is 30.3 Å². The number of nitrogens with two attached hydrogens (primary N) is 1. The minimum absolute atomic E-state index is 0. The Kier molecular flexibility index (Phi) is 19.5. The molecule has 0 saturated heterocycles. The van der Waals surface area contributed by atoms with E-state index in [-0.39, 0.29) is 112 Å². The zero-order chi connectivity index (χ0) is 44.1. The molecule has 23 heteroatoms. The third kappa shape index (κ3) is 15.3. The molecule has 0 aliphatic heterocycles. The first-order valence-corrected chi connectivity index (χ1v) is 20.1. The summed E-state index contributed by atoms with van der Waals surface area (Å²) in [5.74, 6) is 0.448. The van der Waals surface area contributed by atoms with Crippen molar-refractivity contribution in [1.82, 2.24) is 29.9 Å². The zero-order valence-electron chi connectivity index (χ0n) is 35.6. The molecule has 0 fully saturated rings. The molecule has 2 heterocycles. The molecule has 20 nitrogen and oxygen atoms in total. The van der Waals surface area contributed by atoms with Crippen molar-refractivity contribution in [1.29, 1.82) is 0 Å². The number of ketones is 1. The normalized spacial score (nSPS) is 10.9. The number of rotatable bonds is 21. The van der Waals surface area contributed by atoms with E-state index < -0.39 is 20.9 Å². The van der Waals surface area contributed by atoms with Gasteiger partial charge in [0.1, 0.15) is 10.1 Å². The van der Waals surface area contributed by atoms with E-state index in [1.54, 1.807) is 93.1 Å².